The normalized spacial score (nSPS) is 12.0. The van der Waals surface area contributed by atoms with Crippen LogP contribution in [-0.4, -0.2) is 20.3 Å². The average molecular weight is 415 g/mol. The summed E-state index contributed by atoms with van der Waals surface area (Å²) in [4.78, 5) is 12.3. The van der Waals surface area contributed by atoms with Gasteiger partial charge in [-0.2, -0.15) is 0 Å². The molecule has 0 aliphatic heterocycles. The fourth-order valence-corrected chi connectivity index (χ4v) is 3.54. The minimum atomic E-state index is -1.85. The van der Waals surface area contributed by atoms with Gasteiger partial charge in [0.15, 0.2) is 5.01 Å². The van der Waals surface area contributed by atoms with Gasteiger partial charge < -0.3 is 0 Å². The predicted molar refractivity (Wildman–Crippen MR) is 95.3 cm³/mol. The number of anilines is 1. The van der Waals surface area contributed by atoms with Crippen molar-refractivity contribution in [3.05, 3.63) is 58.6 Å². The molecule has 3 rings (SSSR count). The lowest BCUT2D eigenvalue weighted by molar-refractivity contribution is 0.102. The van der Waals surface area contributed by atoms with Crippen molar-refractivity contribution in [3.63, 3.8) is 0 Å². The van der Waals surface area contributed by atoms with Crippen molar-refractivity contribution in [2.45, 2.75) is 4.90 Å². The molecule has 0 bridgehead atoms. The van der Waals surface area contributed by atoms with Crippen molar-refractivity contribution in [1.29, 1.82) is 0 Å². The molecule has 0 spiro atoms. The van der Waals surface area contributed by atoms with Crippen LogP contribution in [0.4, 0.5) is 13.9 Å². The van der Waals surface area contributed by atoms with Gasteiger partial charge >= 0.3 is 0 Å². The summed E-state index contributed by atoms with van der Waals surface area (Å²) in [5.74, 6) is -2.10. The van der Waals surface area contributed by atoms with E-state index >= 15 is 0 Å². The van der Waals surface area contributed by atoms with Gasteiger partial charge in [-0.15, -0.1) is 10.2 Å². The molecule has 1 amide bonds. The summed E-state index contributed by atoms with van der Waals surface area (Å²) in [6.45, 7) is 0. The Labute approximate surface area is 157 Å². The highest BCUT2D eigenvalue weighted by atomic mass is 35.5. The number of aromatic nitrogens is 2. The number of hydrogen-bond donors (Lipinski definition) is 2. The number of rotatable bonds is 4. The van der Waals surface area contributed by atoms with Gasteiger partial charge in [0.05, 0.1) is 15.5 Å². The van der Waals surface area contributed by atoms with E-state index in [0.717, 1.165) is 29.5 Å². The molecule has 3 N–H and O–H groups in total. The maximum Gasteiger partial charge on any atom is 0.260 e. The SMILES string of the molecule is NS(=O)c1ccc(F)c(C(=O)Nc2nnc(-c3ccc(F)cc3Cl)s2)c1. The van der Waals surface area contributed by atoms with Crippen LogP contribution in [-0.2, 0) is 11.0 Å². The van der Waals surface area contributed by atoms with Crippen molar-refractivity contribution in [2.75, 3.05) is 5.32 Å². The number of nitrogens with two attached hydrogens (primary N) is 1. The molecule has 1 unspecified atom stereocenters. The third-order valence-electron chi connectivity index (χ3n) is 3.22. The number of benzene rings is 2. The third-order valence-corrected chi connectivity index (χ3v) is 5.12. The lowest BCUT2D eigenvalue weighted by atomic mass is 10.2. The summed E-state index contributed by atoms with van der Waals surface area (Å²) in [6, 6.07) is 7.10. The molecular formula is C15H9ClF2N4O2S2. The molecule has 1 heterocycles. The largest absolute Gasteiger partial charge is 0.296 e. The molecule has 26 heavy (non-hydrogen) atoms. The van der Waals surface area contributed by atoms with Gasteiger partial charge in [0, 0.05) is 5.56 Å². The maximum atomic E-state index is 13.9. The van der Waals surface area contributed by atoms with Crippen LogP contribution in [0.3, 0.4) is 0 Å². The molecule has 0 fully saturated rings. The van der Waals surface area contributed by atoms with Gasteiger partial charge in [-0.25, -0.2) is 18.1 Å². The molecule has 2 aromatic carbocycles. The van der Waals surface area contributed by atoms with Crippen LogP contribution >= 0.6 is 22.9 Å². The van der Waals surface area contributed by atoms with Crippen molar-refractivity contribution < 1.29 is 17.8 Å². The first kappa shape index (κ1) is 18.5. The minimum absolute atomic E-state index is 0.0871. The Morgan fingerprint density at radius 3 is 2.65 bits per heavy atom. The van der Waals surface area contributed by atoms with E-state index < -0.39 is 28.5 Å². The van der Waals surface area contributed by atoms with Crippen LogP contribution in [0.25, 0.3) is 10.6 Å². The van der Waals surface area contributed by atoms with Crippen molar-refractivity contribution in [2.24, 2.45) is 5.14 Å². The number of carbonyl (C=O) groups excluding carboxylic acids is 1. The molecule has 3 aromatic rings. The van der Waals surface area contributed by atoms with Gasteiger partial charge in [0.2, 0.25) is 5.13 Å². The molecule has 0 saturated carbocycles. The summed E-state index contributed by atoms with van der Waals surface area (Å²) in [7, 11) is -1.85. The first-order chi connectivity index (χ1) is 12.3. The summed E-state index contributed by atoms with van der Waals surface area (Å²) in [5.41, 5.74) is 0.107. The molecule has 0 radical (unpaired) electrons. The van der Waals surface area contributed by atoms with Crippen LogP contribution < -0.4 is 10.5 Å². The second-order valence-electron chi connectivity index (χ2n) is 4.93. The average Bonchev–Trinajstić information content (AvgIpc) is 3.03. The Morgan fingerprint density at radius 1 is 1.19 bits per heavy atom. The monoisotopic (exact) mass is 414 g/mol. The van der Waals surface area contributed by atoms with Crippen LogP contribution in [0.1, 0.15) is 10.4 Å². The molecular weight excluding hydrogens is 406 g/mol. The van der Waals surface area contributed by atoms with E-state index in [2.05, 4.69) is 15.5 Å². The van der Waals surface area contributed by atoms with E-state index in [0.29, 0.717) is 10.6 Å². The highest BCUT2D eigenvalue weighted by molar-refractivity contribution is 7.82. The van der Waals surface area contributed by atoms with Crippen molar-refractivity contribution >= 4 is 45.0 Å². The van der Waals surface area contributed by atoms with Crippen LogP contribution in [0.5, 0.6) is 0 Å². The fraction of sp³-hybridized carbons (Fsp3) is 0. The highest BCUT2D eigenvalue weighted by Crippen LogP contribution is 2.32. The maximum absolute atomic E-state index is 13.9. The highest BCUT2D eigenvalue weighted by Gasteiger charge is 2.17. The van der Waals surface area contributed by atoms with E-state index in [9.17, 15) is 17.8 Å². The predicted octanol–water partition coefficient (Wildman–Crippen LogP) is 3.37. The molecule has 0 saturated heterocycles. The summed E-state index contributed by atoms with van der Waals surface area (Å²) in [5, 5.41) is 15.9. The van der Waals surface area contributed by atoms with Gasteiger partial charge in [0.1, 0.15) is 22.6 Å². The molecule has 134 valence electrons. The second-order valence-corrected chi connectivity index (χ2v) is 7.38. The van der Waals surface area contributed by atoms with Crippen LogP contribution in [0.15, 0.2) is 41.3 Å². The zero-order chi connectivity index (χ0) is 18.8. The second kappa shape index (κ2) is 7.54. The van der Waals surface area contributed by atoms with E-state index in [4.69, 9.17) is 16.7 Å². The molecule has 1 atom stereocenters. The molecule has 0 aliphatic carbocycles. The van der Waals surface area contributed by atoms with E-state index in [1.54, 1.807) is 0 Å². The number of nitrogens with one attached hydrogen (secondary N) is 1. The Morgan fingerprint density at radius 2 is 1.96 bits per heavy atom. The lowest BCUT2D eigenvalue weighted by Crippen LogP contribution is -2.15. The zero-order valence-electron chi connectivity index (χ0n) is 12.7. The van der Waals surface area contributed by atoms with E-state index in [1.165, 1.54) is 18.2 Å². The van der Waals surface area contributed by atoms with Crippen LogP contribution in [0, 0.1) is 11.6 Å². The Bertz CT molecular complexity index is 1030. The molecule has 0 aliphatic rings. The molecule has 1 aromatic heterocycles. The quantitative estimate of drug-likeness (QED) is 0.683. The van der Waals surface area contributed by atoms with Gasteiger partial charge in [-0.05, 0) is 36.4 Å². The number of amides is 1. The van der Waals surface area contributed by atoms with Crippen molar-refractivity contribution in [3.8, 4) is 10.6 Å². The standard InChI is InChI=1S/C15H9ClF2N4O2S2/c16-11-5-7(17)1-3-9(11)14-21-22-15(25-14)20-13(23)10-6-8(26(19)24)2-4-12(10)18/h1-6H,19H2,(H,20,22,23). The third kappa shape index (κ3) is 3.93. The van der Waals surface area contributed by atoms with Crippen LogP contribution in [0.2, 0.25) is 5.02 Å². The van der Waals surface area contributed by atoms with Gasteiger partial charge in [0.25, 0.3) is 5.91 Å². The first-order valence-corrected chi connectivity index (χ1v) is 9.32. The first-order valence-electron chi connectivity index (χ1n) is 6.91. The lowest BCUT2D eigenvalue weighted by Gasteiger charge is -2.04. The number of halogens is 3. The minimum Gasteiger partial charge on any atom is -0.296 e. The molecule has 11 heteroatoms. The van der Waals surface area contributed by atoms with E-state index in [-0.39, 0.29) is 20.6 Å². The number of carbonyl (C=O) groups is 1. The summed E-state index contributed by atoms with van der Waals surface area (Å²) >= 11 is 6.94. The summed E-state index contributed by atoms with van der Waals surface area (Å²) < 4.78 is 38.3. The Balaban J connectivity index is 1.84. The zero-order valence-corrected chi connectivity index (χ0v) is 15.1. The topological polar surface area (TPSA) is 98.0 Å². The van der Waals surface area contributed by atoms with Crippen molar-refractivity contribution in [1.82, 2.24) is 10.2 Å². The van der Waals surface area contributed by atoms with Gasteiger partial charge in [-0.1, -0.05) is 22.9 Å². The van der Waals surface area contributed by atoms with E-state index in [1.807, 2.05) is 0 Å². The van der Waals surface area contributed by atoms with Gasteiger partial charge in [-0.3, -0.25) is 10.1 Å². The summed E-state index contributed by atoms with van der Waals surface area (Å²) in [6.07, 6.45) is 0. The smallest absolute Gasteiger partial charge is 0.260 e. The molecule has 6 nitrogen and oxygen atoms in total. The fourth-order valence-electron chi connectivity index (χ4n) is 2.01. The Kier molecular flexibility index (Phi) is 5.37. The Hall–Kier alpha value is -2.27. The number of nitrogens with zero attached hydrogens (tertiary/aromatic N) is 2. The number of hydrogen-bond acceptors (Lipinski definition) is 5.